The number of fused-ring (bicyclic) bond motifs is 1. The van der Waals surface area contributed by atoms with Gasteiger partial charge in [0.2, 0.25) is 0 Å². The van der Waals surface area contributed by atoms with Crippen molar-refractivity contribution in [3.8, 4) is 0 Å². The second kappa shape index (κ2) is 5.96. The first-order valence-electron chi connectivity index (χ1n) is 7.18. The Kier molecular flexibility index (Phi) is 3.84. The molecule has 0 saturated carbocycles. The van der Waals surface area contributed by atoms with Gasteiger partial charge >= 0.3 is 11.8 Å². The zero-order chi connectivity index (χ0) is 16.4. The highest BCUT2D eigenvalue weighted by atomic mass is 16.4. The number of nitrogens with one attached hydrogen (secondary N) is 1. The minimum absolute atomic E-state index is 0.0383. The SMILES string of the molecule is CC(c1ccccc1)n1c(CNC(=O)O)nc2cccn2c1=O. The van der Waals surface area contributed by atoms with Crippen LogP contribution in [0, 0.1) is 0 Å². The van der Waals surface area contributed by atoms with Gasteiger partial charge in [0, 0.05) is 6.20 Å². The molecule has 118 valence electrons. The lowest BCUT2D eigenvalue weighted by Gasteiger charge is -2.19. The fourth-order valence-corrected chi connectivity index (χ4v) is 2.59. The van der Waals surface area contributed by atoms with E-state index in [1.165, 1.54) is 8.97 Å². The Hall–Kier alpha value is -3.09. The van der Waals surface area contributed by atoms with Crippen molar-refractivity contribution in [1.29, 1.82) is 0 Å². The molecule has 1 aromatic carbocycles. The van der Waals surface area contributed by atoms with Crippen molar-refractivity contribution >= 4 is 11.7 Å². The maximum atomic E-state index is 12.8. The van der Waals surface area contributed by atoms with Crippen molar-refractivity contribution in [2.45, 2.75) is 19.5 Å². The lowest BCUT2D eigenvalue weighted by molar-refractivity contribution is 0.193. The summed E-state index contributed by atoms with van der Waals surface area (Å²) in [6.45, 7) is 1.85. The number of rotatable bonds is 4. The molecule has 2 N–H and O–H groups in total. The van der Waals surface area contributed by atoms with Gasteiger partial charge in [0.25, 0.3) is 0 Å². The van der Waals surface area contributed by atoms with Gasteiger partial charge in [-0.2, -0.15) is 0 Å². The van der Waals surface area contributed by atoms with Crippen LogP contribution in [0.4, 0.5) is 4.79 Å². The second-order valence-electron chi connectivity index (χ2n) is 5.16. The molecule has 0 aliphatic rings. The summed E-state index contributed by atoms with van der Waals surface area (Å²) < 4.78 is 2.96. The molecule has 1 atom stereocenters. The molecule has 0 aliphatic heterocycles. The molecule has 0 aliphatic carbocycles. The molecule has 23 heavy (non-hydrogen) atoms. The van der Waals surface area contributed by atoms with E-state index in [0.29, 0.717) is 11.5 Å². The maximum absolute atomic E-state index is 12.8. The monoisotopic (exact) mass is 312 g/mol. The zero-order valence-corrected chi connectivity index (χ0v) is 12.5. The minimum Gasteiger partial charge on any atom is -0.465 e. The minimum atomic E-state index is -1.16. The molecule has 2 aromatic heterocycles. The Bertz CT molecular complexity index is 899. The first-order valence-corrected chi connectivity index (χ1v) is 7.18. The molecule has 3 aromatic rings. The summed E-state index contributed by atoms with van der Waals surface area (Å²) in [5.41, 5.74) is 1.19. The van der Waals surface area contributed by atoms with E-state index in [9.17, 15) is 9.59 Å². The van der Waals surface area contributed by atoms with Crippen LogP contribution in [-0.4, -0.2) is 25.2 Å². The molecular weight excluding hydrogens is 296 g/mol. The van der Waals surface area contributed by atoms with Gasteiger partial charge in [0.05, 0.1) is 12.6 Å². The normalized spacial score (nSPS) is 12.2. The van der Waals surface area contributed by atoms with E-state index in [-0.39, 0.29) is 18.3 Å². The topological polar surface area (TPSA) is 88.6 Å². The van der Waals surface area contributed by atoms with Crippen LogP contribution in [-0.2, 0) is 6.54 Å². The molecule has 0 bridgehead atoms. The fraction of sp³-hybridized carbons (Fsp3) is 0.188. The maximum Gasteiger partial charge on any atom is 0.405 e. The van der Waals surface area contributed by atoms with Crippen molar-refractivity contribution in [3.63, 3.8) is 0 Å². The van der Waals surface area contributed by atoms with Gasteiger partial charge < -0.3 is 10.4 Å². The van der Waals surface area contributed by atoms with Crippen molar-refractivity contribution in [3.05, 3.63) is 70.5 Å². The fourth-order valence-electron chi connectivity index (χ4n) is 2.59. The van der Waals surface area contributed by atoms with E-state index < -0.39 is 6.09 Å². The lowest BCUT2D eigenvalue weighted by Crippen LogP contribution is -2.35. The quantitative estimate of drug-likeness (QED) is 0.770. The van der Waals surface area contributed by atoms with Crippen LogP contribution in [0.1, 0.15) is 24.4 Å². The smallest absolute Gasteiger partial charge is 0.405 e. The summed E-state index contributed by atoms with van der Waals surface area (Å²) in [6.07, 6.45) is 0.487. The third-order valence-electron chi connectivity index (χ3n) is 3.73. The average molecular weight is 312 g/mol. The van der Waals surface area contributed by atoms with E-state index in [4.69, 9.17) is 5.11 Å². The van der Waals surface area contributed by atoms with E-state index in [0.717, 1.165) is 5.56 Å². The predicted molar refractivity (Wildman–Crippen MR) is 84.6 cm³/mol. The largest absolute Gasteiger partial charge is 0.465 e. The Morgan fingerprint density at radius 3 is 2.70 bits per heavy atom. The third kappa shape index (κ3) is 2.80. The summed E-state index contributed by atoms with van der Waals surface area (Å²) in [5.74, 6) is 0.375. The highest BCUT2D eigenvalue weighted by Gasteiger charge is 2.17. The molecular formula is C16H16N4O3. The Balaban J connectivity index is 2.15. The molecule has 7 heteroatoms. The Morgan fingerprint density at radius 2 is 2.00 bits per heavy atom. The highest BCUT2D eigenvalue weighted by Crippen LogP contribution is 2.17. The molecule has 7 nitrogen and oxygen atoms in total. The number of carboxylic acid groups (broad SMARTS) is 1. The predicted octanol–water partition coefficient (Wildman–Crippen LogP) is 1.87. The van der Waals surface area contributed by atoms with Crippen LogP contribution < -0.4 is 11.0 Å². The number of aromatic nitrogens is 3. The molecule has 0 radical (unpaired) electrons. The zero-order valence-electron chi connectivity index (χ0n) is 12.5. The first-order chi connectivity index (χ1) is 11.1. The van der Waals surface area contributed by atoms with Gasteiger partial charge in [-0.25, -0.2) is 14.6 Å². The van der Waals surface area contributed by atoms with Crippen molar-refractivity contribution in [2.75, 3.05) is 0 Å². The summed E-state index contributed by atoms with van der Waals surface area (Å²) in [6, 6.07) is 12.7. The molecule has 1 amide bonds. The molecule has 0 saturated heterocycles. The Morgan fingerprint density at radius 1 is 1.26 bits per heavy atom. The van der Waals surface area contributed by atoms with E-state index >= 15 is 0 Å². The number of hydrogen-bond acceptors (Lipinski definition) is 3. The van der Waals surface area contributed by atoms with Crippen LogP contribution >= 0.6 is 0 Å². The van der Waals surface area contributed by atoms with Gasteiger partial charge in [-0.3, -0.25) is 8.97 Å². The van der Waals surface area contributed by atoms with E-state index in [2.05, 4.69) is 10.3 Å². The van der Waals surface area contributed by atoms with Crippen LogP contribution in [0.3, 0.4) is 0 Å². The van der Waals surface area contributed by atoms with Crippen molar-refractivity contribution in [1.82, 2.24) is 19.3 Å². The molecule has 0 fully saturated rings. The number of amides is 1. The van der Waals surface area contributed by atoms with Gasteiger partial charge in [-0.05, 0) is 24.6 Å². The summed E-state index contributed by atoms with van der Waals surface area (Å²) >= 11 is 0. The first kappa shape index (κ1) is 14.8. The standard InChI is InChI=1S/C16H16N4O3/c1-11(12-6-3-2-4-7-12)20-14(10-17-15(21)22)18-13-8-5-9-19(13)16(20)23/h2-9,11,17H,10H2,1H3,(H,21,22). The average Bonchev–Trinajstić information content (AvgIpc) is 3.02. The number of hydrogen-bond donors (Lipinski definition) is 2. The molecule has 1 unspecified atom stereocenters. The lowest BCUT2D eigenvalue weighted by atomic mass is 10.1. The summed E-state index contributed by atoms with van der Waals surface area (Å²) in [5, 5.41) is 11.1. The Labute approximate surface area is 131 Å². The van der Waals surface area contributed by atoms with Crippen LogP contribution in [0.2, 0.25) is 0 Å². The molecule has 3 rings (SSSR count). The van der Waals surface area contributed by atoms with E-state index in [1.54, 1.807) is 18.3 Å². The van der Waals surface area contributed by atoms with Crippen LogP contribution in [0.5, 0.6) is 0 Å². The second-order valence-corrected chi connectivity index (χ2v) is 5.16. The van der Waals surface area contributed by atoms with Gasteiger partial charge in [0.15, 0.2) is 0 Å². The third-order valence-corrected chi connectivity index (χ3v) is 3.73. The van der Waals surface area contributed by atoms with Crippen LogP contribution in [0.15, 0.2) is 53.5 Å². The van der Waals surface area contributed by atoms with Crippen molar-refractivity contribution < 1.29 is 9.90 Å². The summed E-state index contributed by atoms with van der Waals surface area (Å²) in [4.78, 5) is 28.0. The molecule has 2 heterocycles. The number of nitrogens with zero attached hydrogens (tertiary/aromatic N) is 3. The van der Waals surface area contributed by atoms with Gasteiger partial charge in [-0.1, -0.05) is 30.3 Å². The number of benzene rings is 1. The summed E-state index contributed by atoms with van der Waals surface area (Å²) in [7, 11) is 0. The van der Waals surface area contributed by atoms with Crippen molar-refractivity contribution in [2.24, 2.45) is 0 Å². The van der Waals surface area contributed by atoms with E-state index in [1.807, 2.05) is 37.3 Å². The number of carbonyl (C=O) groups is 1. The van der Waals surface area contributed by atoms with Gasteiger partial charge in [-0.15, -0.1) is 0 Å². The van der Waals surface area contributed by atoms with Crippen LogP contribution in [0.25, 0.3) is 5.65 Å². The van der Waals surface area contributed by atoms with Gasteiger partial charge in [0.1, 0.15) is 11.5 Å². The molecule has 0 spiro atoms. The highest BCUT2D eigenvalue weighted by molar-refractivity contribution is 5.64.